The molecule has 1 amide bonds. The first-order valence-electron chi connectivity index (χ1n) is 6.33. The molecular weight excluding hydrogens is 342 g/mol. The highest BCUT2D eigenvalue weighted by molar-refractivity contribution is 7.98. The van der Waals surface area contributed by atoms with Crippen LogP contribution in [-0.4, -0.2) is 34.1 Å². The molecule has 1 fully saturated rings. The minimum atomic E-state index is -0.220. The number of aromatic nitrogens is 1. The predicted molar refractivity (Wildman–Crippen MR) is 96.9 cm³/mol. The minimum absolute atomic E-state index is 0.0176. The zero-order valence-corrected chi connectivity index (χ0v) is 14.5. The molecule has 1 atom stereocenters. The fourth-order valence-corrected chi connectivity index (χ4v) is 4.20. The van der Waals surface area contributed by atoms with Crippen molar-refractivity contribution in [2.24, 2.45) is 0 Å². The fourth-order valence-electron chi connectivity index (χ4n) is 2.25. The van der Waals surface area contributed by atoms with E-state index in [2.05, 4.69) is 22.9 Å². The number of anilines is 1. The molecule has 1 aliphatic rings. The molecule has 2 aromatic rings. The summed E-state index contributed by atoms with van der Waals surface area (Å²) in [5.74, 6) is 0.945. The van der Waals surface area contributed by atoms with E-state index in [0.717, 1.165) is 28.1 Å². The summed E-state index contributed by atoms with van der Waals surface area (Å²) in [5.41, 5.74) is 1.67. The minimum Gasteiger partial charge on any atom is -0.350 e. The summed E-state index contributed by atoms with van der Waals surface area (Å²) in [5, 5.41) is 3.58. The summed E-state index contributed by atoms with van der Waals surface area (Å²) in [7, 11) is 0. The summed E-state index contributed by atoms with van der Waals surface area (Å²) < 4.78 is 1.72. The number of rotatable bonds is 4. The molecule has 110 valence electrons. The van der Waals surface area contributed by atoms with Gasteiger partial charge in [0.15, 0.2) is 5.11 Å². The van der Waals surface area contributed by atoms with Crippen molar-refractivity contribution in [1.29, 1.82) is 0 Å². The molecule has 0 spiro atoms. The summed E-state index contributed by atoms with van der Waals surface area (Å²) in [4.78, 5) is 18.4. The van der Waals surface area contributed by atoms with Gasteiger partial charge in [0.1, 0.15) is 10.4 Å². The number of hydrogen-bond acceptors (Lipinski definition) is 6. The SMILES string of the molecule is CSCCC1NC(=S)N(c2ccc3nc(S)sc3c2)C1=O. The second-order valence-electron chi connectivity index (χ2n) is 4.61. The highest BCUT2D eigenvalue weighted by Gasteiger charge is 2.36. The highest BCUT2D eigenvalue weighted by atomic mass is 32.2. The van der Waals surface area contributed by atoms with Crippen molar-refractivity contribution in [3.63, 3.8) is 0 Å². The van der Waals surface area contributed by atoms with Gasteiger partial charge >= 0.3 is 0 Å². The van der Waals surface area contributed by atoms with Gasteiger partial charge in [-0.3, -0.25) is 9.69 Å². The normalized spacial score (nSPS) is 18.6. The van der Waals surface area contributed by atoms with E-state index in [0.29, 0.717) is 9.45 Å². The average Bonchev–Trinajstić information content (AvgIpc) is 2.95. The van der Waals surface area contributed by atoms with Crippen molar-refractivity contribution in [1.82, 2.24) is 10.3 Å². The van der Waals surface area contributed by atoms with Gasteiger partial charge in [-0.2, -0.15) is 11.8 Å². The van der Waals surface area contributed by atoms with Gasteiger partial charge in [-0.25, -0.2) is 4.98 Å². The van der Waals surface area contributed by atoms with Crippen molar-refractivity contribution in [2.45, 2.75) is 16.8 Å². The van der Waals surface area contributed by atoms with Crippen LogP contribution in [0.4, 0.5) is 5.69 Å². The van der Waals surface area contributed by atoms with Gasteiger partial charge in [0.2, 0.25) is 0 Å². The van der Waals surface area contributed by atoms with Crippen LogP contribution >= 0.6 is 47.9 Å². The Kier molecular flexibility index (Phi) is 4.39. The summed E-state index contributed by atoms with van der Waals surface area (Å²) >= 11 is 12.8. The first-order valence-corrected chi connectivity index (χ1v) is 9.39. The zero-order valence-electron chi connectivity index (χ0n) is 11.2. The van der Waals surface area contributed by atoms with Gasteiger partial charge in [-0.1, -0.05) is 0 Å². The molecule has 0 saturated carbocycles. The third-order valence-electron chi connectivity index (χ3n) is 3.25. The topological polar surface area (TPSA) is 45.2 Å². The number of hydrogen-bond donors (Lipinski definition) is 2. The quantitative estimate of drug-likeness (QED) is 0.652. The van der Waals surface area contributed by atoms with E-state index in [4.69, 9.17) is 12.2 Å². The molecule has 0 radical (unpaired) electrons. The van der Waals surface area contributed by atoms with E-state index < -0.39 is 0 Å². The zero-order chi connectivity index (χ0) is 15.0. The molecule has 21 heavy (non-hydrogen) atoms. The Balaban J connectivity index is 1.90. The second-order valence-corrected chi connectivity index (χ2v) is 7.73. The number of carbonyl (C=O) groups is 1. The third kappa shape index (κ3) is 2.90. The van der Waals surface area contributed by atoms with Crippen LogP contribution in [-0.2, 0) is 4.79 Å². The summed E-state index contributed by atoms with van der Waals surface area (Å²) in [6.07, 6.45) is 2.81. The molecule has 2 heterocycles. The number of thiocarbonyl (C=S) groups is 1. The number of fused-ring (bicyclic) bond motifs is 1. The molecule has 1 unspecified atom stereocenters. The van der Waals surface area contributed by atoms with Crippen LogP contribution in [0.2, 0.25) is 0 Å². The molecule has 1 saturated heterocycles. The van der Waals surface area contributed by atoms with Crippen molar-refractivity contribution in [3.05, 3.63) is 18.2 Å². The lowest BCUT2D eigenvalue weighted by Crippen LogP contribution is -2.31. The Morgan fingerprint density at radius 2 is 2.38 bits per heavy atom. The largest absolute Gasteiger partial charge is 0.350 e. The van der Waals surface area contributed by atoms with Crippen LogP contribution in [0.3, 0.4) is 0 Å². The molecule has 1 aromatic heterocycles. The molecule has 8 heteroatoms. The van der Waals surface area contributed by atoms with Crippen LogP contribution in [0.5, 0.6) is 0 Å². The number of nitrogens with zero attached hydrogens (tertiary/aromatic N) is 2. The van der Waals surface area contributed by atoms with E-state index in [1.165, 1.54) is 11.3 Å². The predicted octanol–water partition coefficient (Wildman–Crippen LogP) is 2.93. The van der Waals surface area contributed by atoms with Crippen LogP contribution in [0, 0.1) is 0 Å². The first-order chi connectivity index (χ1) is 10.1. The number of benzene rings is 1. The average molecular weight is 356 g/mol. The molecule has 1 N–H and O–H groups in total. The van der Waals surface area contributed by atoms with E-state index in [9.17, 15) is 4.79 Å². The summed E-state index contributed by atoms with van der Waals surface area (Å²) in [6.45, 7) is 0. The maximum absolute atomic E-state index is 12.5. The Hall–Kier alpha value is -0.830. The number of carbonyl (C=O) groups excluding carboxylic acids is 1. The fraction of sp³-hybridized carbons (Fsp3) is 0.308. The Bertz CT molecular complexity index is 715. The molecule has 1 aliphatic heterocycles. The van der Waals surface area contributed by atoms with Crippen molar-refractivity contribution in [2.75, 3.05) is 16.9 Å². The number of nitrogens with one attached hydrogen (secondary N) is 1. The van der Waals surface area contributed by atoms with E-state index >= 15 is 0 Å². The number of thiazole rings is 1. The Morgan fingerprint density at radius 1 is 1.57 bits per heavy atom. The van der Waals surface area contributed by atoms with E-state index in [1.54, 1.807) is 16.7 Å². The number of amides is 1. The maximum atomic E-state index is 12.5. The lowest BCUT2D eigenvalue weighted by molar-refractivity contribution is -0.118. The van der Waals surface area contributed by atoms with Crippen LogP contribution < -0.4 is 10.2 Å². The van der Waals surface area contributed by atoms with Crippen LogP contribution in [0.25, 0.3) is 10.2 Å². The lowest BCUT2D eigenvalue weighted by Gasteiger charge is -2.14. The molecule has 0 aliphatic carbocycles. The molecule has 1 aromatic carbocycles. The van der Waals surface area contributed by atoms with Crippen molar-refractivity contribution >= 4 is 74.9 Å². The maximum Gasteiger partial charge on any atom is 0.255 e. The van der Waals surface area contributed by atoms with Gasteiger partial charge in [0, 0.05) is 0 Å². The second kappa shape index (κ2) is 6.12. The summed E-state index contributed by atoms with van der Waals surface area (Å²) in [6, 6.07) is 5.49. The molecule has 3 rings (SSSR count). The Labute approximate surface area is 141 Å². The van der Waals surface area contributed by atoms with Gasteiger partial charge in [-0.05, 0) is 48.8 Å². The lowest BCUT2D eigenvalue weighted by atomic mass is 10.2. The third-order valence-corrected chi connectivity index (χ3v) is 5.39. The van der Waals surface area contributed by atoms with E-state index in [1.807, 2.05) is 24.5 Å². The standard InChI is InChI=1S/C13H13N3OS4/c1-20-5-4-9-11(17)16(12(18)14-9)7-2-3-8-10(6-7)21-13(19)15-8/h2-3,6,9H,4-5H2,1H3,(H,14,18)(H,15,19). The van der Waals surface area contributed by atoms with Crippen LogP contribution in [0.1, 0.15) is 6.42 Å². The first kappa shape index (κ1) is 15.1. The van der Waals surface area contributed by atoms with Crippen LogP contribution in [0.15, 0.2) is 22.5 Å². The van der Waals surface area contributed by atoms with Crippen molar-refractivity contribution in [3.8, 4) is 0 Å². The monoisotopic (exact) mass is 355 g/mol. The molecular formula is C13H13N3OS4. The smallest absolute Gasteiger partial charge is 0.255 e. The van der Waals surface area contributed by atoms with Crippen molar-refractivity contribution < 1.29 is 4.79 Å². The highest BCUT2D eigenvalue weighted by Crippen LogP contribution is 2.30. The number of thioether (sulfide) groups is 1. The van der Waals surface area contributed by atoms with Gasteiger partial charge < -0.3 is 5.32 Å². The van der Waals surface area contributed by atoms with Gasteiger partial charge in [0.25, 0.3) is 5.91 Å². The molecule has 0 bridgehead atoms. The van der Waals surface area contributed by atoms with Gasteiger partial charge in [-0.15, -0.1) is 24.0 Å². The molecule has 4 nitrogen and oxygen atoms in total. The Morgan fingerprint density at radius 3 is 3.14 bits per heavy atom. The van der Waals surface area contributed by atoms with E-state index in [-0.39, 0.29) is 11.9 Å². The number of thiol groups is 1. The van der Waals surface area contributed by atoms with Gasteiger partial charge in [0.05, 0.1) is 15.9 Å².